The van der Waals surface area contributed by atoms with E-state index in [2.05, 4.69) is 5.32 Å². The van der Waals surface area contributed by atoms with Crippen molar-refractivity contribution in [2.24, 2.45) is 11.8 Å². The molecular weight excluding hydrogens is 514 g/mol. The third-order valence-electron chi connectivity index (χ3n) is 8.10. The number of rotatable bonds is 7. The number of esters is 1. The number of carbonyl (C=O) groups excluding carboxylic acids is 4. The van der Waals surface area contributed by atoms with Crippen molar-refractivity contribution in [2.45, 2.75) is 24.9 Å². The normalized spacial score (nSPS) is 25.6. The zero-order chi connectivity index (χ0) is 27.3. The van der Waals surface area contributed by atoms with Gasteiger partial charge in [0.1, 0.15) is 12.1 Å². The molecule has 1 spiro atoms. The molecule has 3 aliphatic rings. The molecule has 0 bridgehead atoms. The van der Waals surface area contributed by atoms with E-state index in [4.69, 9.17) is 4.74 Å². The van der Waals surface area contributed by atoms with E-state index in [-0.39, 0.29) is 19.1 Å². The Labute approximate surface area is 230 Å². The van der Waals surface area contributed by atoms with E-state index in [1.54, 1.807) is 36.9 Å². The topological polar surface area (TPSA) is 96.0 Å². The Morgan fingerprint density at radius 2 is 1.69 bits per heavy atom. The first kappa shape index (κ1) is 25.6. The van der Waals surface area contributed by atoms with Crippen molar-refractivity contribution < 1.29 is 23.9 Å². The average Bonchev–Trinajstić information content (AvgIpc) is 3.51. The number of hydrogen-bond acceptors (Lipinski definition) is 7. The van der Waals surface area contributed by atoms with Crippen LogP contribution in [0.5, 0.6) is 0 Å². The predicted molar refractivity (Wildman–Crippen MR) is 150 cm³/mol. The third kappa shape index (κ3) is 3.71. The van der Waals surface area contributed by atoms with Crippen LogP contribution >= 0.6 is 11.8 Å². The summed E-state index contributed by atoms with van der Waals surface area (Å²) in [5.41, 5.74) is 0.236. The van der Waals surface area contributed by atoms with E-state index in [1.807, 2.05) is 54.8 Å². The number of ether oxygens (including phenoxy) is 1. The van der Waals surface area contributed by atoms with Crippen LogP contribution in [0.4, 0.5) is 11.4 Å². The molecule has 0 aliphatic carbocycles. The lowest BCUT2D eigenvalue weighted by Gasteiger charge is -2.30. The predicted octanol–water partition coefficient (Wildman–Crippen LogP) is 3.48. The molecule has 6 rings (SSSR count). The van der Waals surface area contributed by atoms with Crippen molar-refractivity contribution in [1.82, 2.24) is 5.32 Å². The largest absolute Gasteiger partial charge is 0.465 e. The molecule has 200 valence electrons. The second-order valence-electron chi connectivity index (χ2n) is 10.1. The number of nitrogens with one attached hydrogen (secondary N) is 1. The number of para-hydroxylation sites is 1. The summed E-state index contributed by atoms with van der Waals surface area (Å²) in [6, 6.07) is 20.0. The Bertz CT molecular complexity index is 1500. The van der Waals surface area contributed by atoms with Gasteiger partial charge in [-0.05, 0) is 42.9 Å². The highest BCUT2D eigenvalue weighted by Crippen LogP contribution is 2.55. The summed E-state index contributed by atoms with van der Waals surface area (Å²) in [6.45, 7) is 1.64. The first-order valence-corrected chi connectivity index (χ1v) is 14.5. The fourth-order valence-corrected chi connectivity index (χ4v) is 7.06. The van der Waals surface area contributed by atoms with Crippen molar-refractivity contribution in [2.75, 3.05) is 35.0 Å². The average molecular weight is 544 g/mol. The quantitative estimate of drug-likeness (QED) is 0.360. The summed E-state index contributed by atoms with van der Waals surface area (Å²) in [6.07, 6.45) is 2.60. The number of anilines is 2. The smallest absolute Gasteiger partial charge is 0.326 e. The van der Waals surface area contributed by atoms with Crippen molar-refractivity contribution >= 4 is 57.6 Å². The monoisotopic (exact) mass is 543 g/mol. The lowest BCUT2D eigenvalue weighted by molar-refractivity contribution is -0.142. The molecule has 2 saturated heterocycles. The maximum absolute atomic E-state index is 14.4. The molecule has 3 amide bonds. The van der Waals surface area contributed by atoms with Gasteiger partial charge < -0.3 is 4.74 Å². The second-order valence-corrected chi connectivity index (χ2v) is 11.1. The van der Waals surface area contributed by atoms with Crippen molar-refractivity contribution in [3.8, 4) is 0 Å². The zero-order valence-corrected chi connectivity index (χ0v) is 22.6. The summed E-state index contributed by atoms with van der Waals surface area (Å²) >= 11 is 1.65. The van der Waals surface area contributed by atoms with Gasteiger partial charge in [0.15, 0.2) is 0 Å². The third-order valence-corrected chi connectivity index (χ3v) is 8.74. The van der Waals surface area contributed by atoms with Gasteiger partial charge in [0, 0.05) is 22.7 Å². The van der Waals surface area contributed by atoms with Gasteiger partial charge in [-0.3, -0.25) is 29.4 Å². The second kappa shape index (κ2) is 9.81. The highest BCUT2D eigenvalue weighted by molar-refractivity contribution is 7.98. The van der Waals surface area contributed by atoms with E-state index in [0.29, 0.717) is 23.4 Å². The first-order chi connectivity index (χ1) is 18.9. The van der Waals surface area contributed by atoms with Crippen molar-refractivity contribution in [3.05, 3.63) is 72.3 Å². The van der Waals surface area contributed by atoms with Crippen LogP contribution in [-0.4, -0.2) is 54.9 Å². The fraction of sp³-hybridized carbons (Fsp3) is 0.333. The Hall–Kier alpha value is -3.69. The molecule has 4 atom stereocenters. The molecule has 0 aromatic heterocycles. The van der Waals surface area contributed by atoms with Gasteiger partial charge in [0.25, 0.3) is 5.91 Å². The van der Waals surface area contributed by atoms with E-state index >= 15 is 0 Å². The van der Waals surface area contributed by atoms with E-state index in [1.165, 1.54) is 9.80 Å². The Kier molecular flexibility index (Phi) is 6.43. The number of benzene rings is 3. The summed E-state index contributed by atoms with van der Waals surface area (Å²) in [7, 11) is 0. The number of nitrogens with zero attached hydrogens (tertiary/aromatic N) is 2. The number of amides is 3. The van der Waals surface area contributed by atoms with Crippen LogP contribution in [0.15, 0.2) is 66.7 Å². The first-order valence-electron chi connectivity index (χ1n) is 13.1. The van der Waals surface area contributed by atoms with Crippen LogP contribution in [0.2, 0.25) is 0 Å². The van der Waals surface area contributed by atoms with Gasteiger partial charge in [-0.15, -0.1) is 0 Å². The fourth-order valence-electron chi connectivity index (χ4n) is 6.57. The molecule has 3 aromatic rings. The van der Waals surface area contributed by atoms with Gasteiger partial charge >= 0.3 is 5.97 Å². The van der Waals surface area contributed by atoms with Crippen LogP contribution in [0, 0.1) is 11.8 Å². The van der Waals surface area contributed by atoms with Gasteiger partial charge in [0.05, 0.1) is 24.1 Å². The number of imide groups is 1. The number of fused-ring (bicyclic) bond motifs is 5. The highest BCUT2D eigenvalue weighted by Gasteiger charge is 2.71. The van der Waals surface area contributed by atoms with Crippen LogP contribution in [0.1, 0.15) is 18.9 Å². The standard InChI is InChI=1S/C30H29N3O5S/c1-3-38-24(34)17-32-23-13-7-6-12-20(23)30(29(32)37)26-25(21(31-30)15-16-39-2)27(35)33(28(26)36)22-14-8-10-18-9-4-5-11-19(18)22/h4-14,21,25-26,31H,3,15-17H2,1-2H3. The van der Waals surface area contributed by atoms with E-state index in [9.17, 15) is 19.2 Å². The summed E-state index contributed by atoms with van der Waals surface area (Å²) in [4.78, 5) is 58.1. The van der Waals surface area contributed by atoms with Gasteiger partial charge in [-0.1, -0.05) is 54.6 Å². The number of hydrogen-bond donors (Lipinski definition) is 1. The minimum Gasteiger partial charge on any atom is -0.465 e. The summed E-state index contributed by atoms with van der Waals surface area (Å²) in [5.74, 6) is -2.54. The molecule has 1 N–H and O–H groups in total. The molecule has 3 aliphatic heterocycles. The molecular formula is C30H29N3O5S. The summed E-state index contributed by atoms with van der Waals surface area (Å²) in [5, 5.41) is 5.21. The van der Waals surface area contributed by atoms with Gasteiger partial charge in [-0.25, -0.2) is 4.90 Å². The molecule has 8 nitrogen and oxygen atoms in total. The van der Waals surface area contributed by atoms with Crippen molar-refractivity contribution in [3.63, 3.8) is 0 Å². The maximum atomic E-state index is 14.4. The minimum absolute atomic E-state index is 0.195. The van der Waals surface area contributed by atoms with Crippen LogP contribution in [0.3, 0.4) is 0 Å². The SMILES string of the molecule is CCOC(=O)CN1C(=O)C2(NC(CCSC)C3C(=O)N(c4cccc5ccccc45)C(=O)C32)c2ccccc21. The molecule has 0 saturated carbocycles. The summed E-state index contributed by atoms with van der Waals surface area (Å²) < 4.78 is 5.15. The lowest BCUT2D eigenvalue weighted by atomic mass is 9.76. The maximum Gasteiger partial charge on any atom is 0.326 e. The Morgan fingerprint density at radius 3 is 2.49 bits per heavy atom. The molecule has 3 aromatic carbocycles. The number of thioether (sulfide) groups is 1. The van der Waals surface area contributed by atoms with Crippen LogP contribution in [-0.2, 0) is 29.5 Å². The highest BCUT2D eigenvalue weighted by atomic mass is 32.2. The minimum atomic E-state index is -1.46. The Morgan fingerprint density at radius 1 is 0.974 bits per heavy atom. The van der Waals surface area contributed by atoms with Crippen LogP contribution in [0.25, 0.3) is 10.8 Å². The van der Waals surface area contributed by atoms with E-state index in [0.717, 1.165) is 16.5 Å². The molecule has 3 heterocycles. The zero-order valence-electron chi connectivity index (χ0n) is 21.8. The van der Waals surface area contributed by atoms with Crippen molar-refractivity contribution in [1.29, 1.82) is 0 Å². The molecule has 39 heavy (non-hydrogen) atoms. The molecule has 0 radical (unpaired) electrons. The number of carbonyl (C=O) groups is 4. The lowest BCUT2D eigenvalue weighted by Crippen LogP contribution is -2.55. The molecule has 9 heteroatoms. The Balaban J connectivity index is 1.50. The van der Waals surface area contributed by atoms with E-state index < -0.39 is 41.2 Å². The molecule has 4 unspecified atom stereocenters. The van der Waals surface area contributed by atoms with Crippen LogP contribution < -0.4 is 15.1 Å². The molecule has 2 fully saturated rings. The van der Waals surface area contributed by atoms with Gasteiger partial charge in [-0.2, -0.15) is 11.8 Å². The van der Waals surface area contributed by atoms with Gasteiger partial charge in [0.2, 0.25) is 11.8 Å².